The first-order valence-corrected chi connectivity index (χ1v) is 8.54. The number of nitrogens with zero attached hydrogens (tertiary/aromatic N) is 5. The second kappa shape index (κ2) is 10.2. The van der Waals surface area contributed by atoms with Crippen molar-refractivity contribution in [2.75, 3.05) is 26.7 Å². The van der Waals surface area contributed by atoms with Crippen LogP contribution in [0.3, 0.4) is 0 Å². The highest BCUT2D eigenvalue weighted by molar-refractivity contribution is 14.0. The standard InChI is InChI=1S/C16H31N7.HI/c1-12(2)11-23-8-6-7-14(23)9-18-16(17-4)19-10-15-21-20-13(3)22(15)5;/h12,14H,6-11H2,1-5H3,(H2,17,18,19);1H/t14-;/m1./s1. The van der Waals surface area contributed by atoms with Gasteiger partial charge in [-0.05, 0) is 32.2 Å². The first-order valence-electron chi connectivity index (χ1n) is 8.54. The summed E-state index contributed by atoms with van der Waals surface area (Å²) in [7, 11) is 3.78. The molecule has 0 aromatic carbocycles. The van der Waals surface area contributed by atoms with E-state index >= 15 is 0 Å². The number of rotatable bonds is 6. The van der Waals surface area contributed by atoms with Gasteiger partial charge in [0.25, 0.3) is 0 Å². The van der Waals surface area contributed by atoms with E-state index in [9.17, 15) is 0 Å². The molecule has 0 amide bonds. The fourth-order valence-electron chi connectivity index (χ4n) is 3.04. The van der Waals surface area contributed by atoms with Crippen LogP contribution in [-0.2, 0) is 13.6 Å². The van der Waals surface area contributed by atoms with E-state index in [1.807, 2.05) is 18.5 Å². The number of likely N-dealkylation sites (tertiary alicyclic amines) is 1. The number of halogens is 1. The summed E-state index contributed by atoms with van der Waals surface area (Å²) in [5, 5.41) is 15.0. The molecule has 0 spiro atoms. The molecule has 0 bridgehead atoms. The van der Waals surface area contributed by atoms with Gasteiger partial charge in [-0.2, -0.15) is 0 Å². The van der Waals surface area contributed by atoms with Crippen molar-refractivity contribution in [2.45, 2.75) is 46.2 Å². The zero-order chi connectivity index (χ0) is 16.8. The number of guanidine groups is 1. The van der Waals surface area contributed by atoms with Gasteiger partial charge in [0.1, 0.15) is 5.82 Å². The maximum absolute atomic E-state index is 4.30. The van der Waals surface area contributed by atoms with Crippen LogP contribution in [-0.4, -0.2) is 58.3 Å². The SMILES string of the molecule is CN=C(NCc1nnc(C)n1C)NC[C@H]1CCCN1CC(C)C.I. The van der Waals surface area contributed by atoms with Crippen LogP contribution in [0, 0.1) is 12.8 Å². The van der Waals surface area contributed by atoms with Crippen LogP contribution < -0.4 is 10.6 Å². The Morgan fingerprint density at radius 1 is 1.33 bits per heavy atom. The predicted molar refractivity (Wildman–Crippen MR) is 109 cm³/mol. The van der Waals surface area contributed by atoms with Gasteiger partial charge in [-0.3, -0.25) is 9.89 Å². The van der Waals surface area contributed by atoms with Crippen molar-refractivity contribution in [3.05, 3.63) is 11.6 Å². The lowest BCUT2D eigenvalue weighted by atomic mass is 10.1. The highest BCUT2D eigenvalue weighted by Gasteiger charge is 2.24. The lowest BCUT2D eigenvalue weighted by Crippen LogP contribution is -2.45. The van der Waals surface area contributed by atoms with Gasteiger partial charge in [0.05, 0.1) is 6.54 Å². The van der Waals surface area contributed by atoms with E-state index < -0.39 is 0 Å². The minimum absolute atomic E-state index is 0. The molecule has 1 fully saturated rings. The first-order chi connectivity index (χ1) is 11.0. The largest absolute Gasteiger partial charge is 0.355 e. The summed E-state index contributed by atoms with van der Waals surface area (Å²) < 4.78 is 1.99. The molecule has 0 radical (unpaired) electrons. The van der Waals surface area contributed by atoms with Crippen molar-refractivity contribution in [3.8, 4) is 0 Å². The molecule has 138 valence electrons. The highest BCUT2D eigenvalue weighted by atomic mass is 127. The van der Waals surface area contributed by atoms with E-state index in [0.717, 1.165) is 24.2 Å². The number of nitrogens with one attached hydrogen (secondary N) is 2. The summed E-state index contributed by atoms with van der Waals surface area (Å²) in [4.78, 5) is 6.90. The third-order valence-electron chi connectivity index (χ3n) is 4.42. The summed E-state index contributed by atoms with van der Waals surface area (Å²) in [6, 6.07) is 0.605. The number of hydrogen-bond acceptors (Lipinski definition) is 4. The normalized spacial score (nSPS) is 18.8. The van der Waals surface area contributed by atoms with Crippen molar-refractivity contribution in [1.29, 1.82) is 0 Å². The fourth-order valence-corrected chi connectivity index (χ4v) is 3.04. The number of aromatic nitrogens is 3. The molecular formula is C16H32IN7. The fraction of sp³-hybridized carbons (Fsp3) is 0.812. The van der Waals surface area contributed by atoms with Crippen molar-refractivity contribution in [1.82, 2.24) is 30.3 Å². The molecule has 1 atom stereocenters. The van der Waals surface area contributed by atoms with Crippen LogP contribution in [0.5, 0.6) is 0 Å². The van der Waals surface area contributed by atoms with Crippen LogP contribution in [0.1, 0.15) is 38.3 Å². The maximum atomic E-state index is 4.30. The second-order valence-electron chi connectivity index (χ2n) is 6.71. The summed E-state index contributed by atoms with van der Waals surface area (Å²) in [6.45, 7) is 10.5. The molecule has 1 saturated heterocycles. The van der Waals surface area contributed by atoms with Gasteiger partial charge in [-0.15, -0.1) is 34.2 Å². The Morgan fingerprint density at radius 2 is 2.08 bits per heavy atom. The molecule has 0 aliphatic carbocycles. The van der Waals surface area contributed by atoms with Crippen LogP contribution in [0.15, 0.2) is 4.99 Å². The molecule has 1 aliphatic rings. The lowest BCUT2D eigenvalue weighted by Gasteiger charge is -2.27. The van der Waals surface area contributed by atoms with Gasteiger partial charge in [0.2, 0.25) is 0 Å². The lowest BCUT2D eigenvalue weighted by molar-refractivity contribution is 0.226. The van der Waals surface area contributed by atoms with Gasteiger partial charge in [-0.1, -0.05) is 13.8 Å². The summed E-state index contributed by atoms with van der Waals surface area (Å²) in [5.41, 5.74) is 0. The van der Waals surface area contributed by atoms with Crippen molar-refractivity contribution in [2.24, 2.45) is 18.0 Å². The summed E-state index contributed by atoms with van der Waals surface area (Å²) >= 11 is 0. The molecule has 7 nitrogen and oxygen atoms in total. The Bertz CT molecular complexity index is 526. The Labute approximate surface area is 162 Å². The van der Waals surface area contributed by atoms with Crippen LogP contribution in [0.2, 0.25) is 0 Å². The van der Waals surface area contributed by atoms with Crippen molar-refractivity contribution < 1.29 is 0 Å². The number of hydrogen-bond donors (Lipinski definition) is 2. The zero-order valence-electron chi connectivity index (χ0n) is 15.5. The third-order valence-corrected chi connectivity index (χ3v) is 4.42. The predicted octanol–water partition coefficient (Wildman–Crippen LogP) is 1.53. The monoisotopic (exact) mass is 449 g/mol. The third kappa shape index (κ3) is 5.87. The molecule has 1 aromatic rings. The molecule has 0 unspecified atom stereocenters. The van der Waals surface area contributed by atoms with E-state index in [1.54, 1.807) is 7.05 Å². The minimum Gasteiger partial charge on any atom is -0.355 e. The highest BCUT2D eigenvalue weighted by Crippen LogP contribution is 2.17. The molecular weight excluding hydrogens is 417 g/mol. The Morgan fingerprint density at radius 3 is 2.67 bits per heavy atom. The van der Waals surface area contributed by atoms with Crippen LogP contribution >= 0.6 is 24.0 Å². The molecule has 8 heteroatoms. The van der Waals surface area contributed by atoms with Gasteiger partial charge < -0.3 is 15.2 Å². The molecule has 2 N–H and O–H groups in total. The zero-order valence-corrected chi connectivity index (χ0v) is 17.9. The minimum atomic E-state index is 0. The first kappa shape index (κ1) is 21.1. The topological polar surface area (TPSA) is 70.4 Å². The smallest absolute Gasteiger partial charge is 0.191 e. The van der Waals surface area contributed by atoms with Crippen LogP contribution in [0.4, 0.5) is 0 Å². The van der Waals surface area contributed by atoms with Crippen LogP contribution in [0.25, 0.3) is 0 Å². The van der Waals surface area contributed by atoms with E-state index in [2.05, 4.69) is 44.6 Å². The molecule has 0 saturated carbocycles. The van der Waals surface area contributed by atoms with E-state index in [-0.39, 0.29) is 24.0 Å². The average molecular weight is 449 g/mol. The van der Waals surface area contributed by atoms with E-state index in [0.29, 0.717) is 18.5 Å². The van der Waals surface area contributed by atoms with Gasteiger partial charge in [0, 0.05) is 33.2 Å². The van der Waals surface area contributed by atoms with Crippen molar-refractivity contribution >= 4 is 29.9 Å². The van der Waals surface area contributed by atoms with Gasteiger partial charge in [-0.25, -0.2) is 0 Å². The van der Waals surface area contributed by atoms with E-state index in [4.69, 9.17) is 0 Å². The molecule has 2 rings (SSSR count). The molecule has 24 heavy (non-hydrogen) atoms. The summed E-state index contributed by atoms with van der Waals surface area (Å²) in [6.07, 6.45) is 2.56. The molecule has 1 aromatic heterocycles. The second-order valence-corrected chi connectivity index (χ2v) is 6.71. The number of aryl methyl sites for hydroxylation is 1. The average Bonchev–Trinajstić information content (AvgIpc) is 3.07. The summed E-state index contributed by atoms with van der Waals surface area (Å²) in [5.74, 6) is 3.36. The Hall–Kier alpha value is -0.900. The Kier molecular flexibility index (Phi) is 8.96. The van der Waals surface area contributed by atoms with Crippen molar-refractivity contribution in [3.63, 3.8) is 0 Å². The van der Waals surface area contributed by atoms with E-state index in [1.165, 1.54) is 25.9 Å². The van der Waals surface area contributed by atoms with Gasteiger partial charge >= 0.3 is 0 Å². The maximum Gasteiger partial charge on any atom is 0.191 e. The molecule has 2 heterocycles. The van der Waals surface area contributed by atoms with Gasteiger partial charge in [0.15, 0.2) is 11.8 Å². The molecule has 1 aliphatic heterocycles. The Balaban J connectivity index is 0.00000288. The number of aliphatic imine (C=N–C) groups is 1. The quantitative estimate of drug-likeness (QED) is 0.392.